The highest BCUT2D eigenvalue weighted by molar-refractivity contribution is 6.01. The normalized spacial score (nSPS) is 20.7. The molecule has 0 radical (unpaired) electrons. The molecule has 1 aliphatic heterocycles. The number of carbonyl (C=O) groups is 3. The second-order valence-corrected chi connectivity index (χ2v) is 10.1. The molecule has 0 spiro atoms. The van der Waals surface area contributed by atoms with E-state index in [1.54, 1.807) is 14.0 Å². The van der Waals surface area contributed by atoms with Crippen LogP contribution < -0.4 is 15.5 Å². The zero-order chi connectivity index (χ0) is 25.2. The number of likely N-dealkylation sites (N-methyl/N-ethyl adjacent to an activating group) is 1. The van der Waals surface area contributed by atoms with Gasteiger partial charge in [-0.15, -0.1) is 0 Å². The molecular formula is C26H36N6O3. The molecule has 1 aromatic heterocycles. The molecule has 1 aromatic carbocycles. The Labute approximate surface area is 206 Å². The highest BCUT2D eigenvalue weighted by Gasteiger charge is 2.46. The second kappa shape index (κ2) is 10.1. The van der Waals surface area contributed by atoms with Crippen LogP contribution in [-0.2, 0) is 17.9 Å². The van der Waals surface area contributed by atoms with Gasteiger partial charge in [0.05, 0.1) is 6.54 Å². The van der Waals surface area contributed by atoms with Crippen LogP contribution in [0.2, 0.25) is 0 Å². The summed E-state index contributed by atoms with van der Waals surface area (Å²) in [5.74, 6) is -0.849. The number of fused-ring (bicyclic) bond motifs is 1. The fourth-order valence-corrected chi connectivity index (χ4v) is 4.79. The number of carbonyl (C=O) groups excluding carboxylic acids is 3. The predicted octanol–water partition coefficient (Wildman–Crippen LogP) is 2.56. The Morgan fingerprint density at radius 3 is 2.40 bits per heavy atom. The van der Waals surface area contributed by atoms with E-state index in [4.69, 9.17) is 0 Å². The standard InChI is InChI=1S/C26H36N6O3/c1-26(25(35)28-19-9-7-5-6-8-10-19)17-32-22(24(34)31(26)4)15-21(29-32)23(33)27-16-18-11-13-20(14-12-18)30(2)3/h11-15,19H,5-10,16-17H2,1-4H3,(H,27,33)(H,28,35). The summed E-state index contributed by atoms with van der Waals surface area (Å²) in [6, 6.07) is 9.55. The summed E-state index contributed by atoms with van der Waals surface area (Å²) in [5, 5.41) is 10.4. The quantitative estimate of drug-likeness (QED) is 0.619. The van der Waals surface area contributed by atoms with E-state index in [0.29, 0.717) is 12.2 Å². The molecule has 1 fully saturated rings. The molecule has 1 saturated carbocycles. The van der Waals surface area contributed by atoms with Crippen molar-refractivity contribution in [2.45, 2.75) is 70.1 Å². The van der Waals surface area contributed by atoms with Gasteiger partial charge in [0.15, 0.2) is 5.69 Å². The Morgan fingerprint density at radius 1 is 1.11 bits per heavy atom. The first-order valence-corrected chi connectivity index (χ1v) is 12.4. The Morgan fingerprint density at radius 2 is 1.77 bits per heavy atom. The Bertz CT molecular complexity index is 1090. The molecule has 2 aromatic rings. The van der Waals surface area contributed by atoms with Gasteiger partial charge in [-0.3, -0.25) is 19.1 Å². The summed E-state index contributed by atoms with van der Waals surface area (Å²) < 4.78 is 1.50. The van der Waals surface area contributed by atoms with Gasteiger partial charge >= 0.3 is 0 Å². The van der Waals surface area contributed by atoms with E-state index in [0.717, 1.165) is 36.9 Å². The third kappa shape index (κ3) is 5.18. The van der Waals surface area contributed by atoms with Crippen LogP contribution >= 0.6 is 0 Å². The number of amides is 3. The van der Waals surface area contributed by atoms with Gasteiger partial charge in [-0.25, -0.2) is 0 Å². The molecule has 1 unspecified atom stereocenters. The molecule has 188 valence electrons. The average molecular weight is 481 g/mol. The van der Waals surface area contributed by atoms with Crippen LogP contribution in [0.4, 0.5) is 5.69 Å². The van der Waals surface area contributed by atoms with Crippen LogP contribution in [0.15, 0.2) is 30.3 Å². The first kappa shape index (κ1) is 24.8. The number of benzene rings is 1. The molecule has 2 heterocycles. The van der Waals surface area contributed by atoms with Crippen molar-refractivity contribution in [2.24, 2.45) is 0 Å². The van der Waals surface area contributed by atoms with Crippen LogP contribution in [0.3, 0.4) is 0 Å². The molecule has 35 heavy (non-hydrogen) atoms. The minimum absolute atomic E-state index is 0.137. The zero-order valence-corrected chi connectivity index (χ0v) is 21.1. The summed E-state index contributed by atoms with van der Waals surface area (Å²) in [6.45, 7) is 2.31. The molecule has 0 saturated heterocycles. The summed E-state index contributed by atoms with van der Waals surface area (Å²) in [7, 11) is 5.59. The fraction of sp³-hybridized carbons (Fsp3) is 0.538. The Balaban J connectivity index is 1.44. The third-order valence-electron chi connectivity index (χ3n) is 7.32. The number of hydrogen-bond acceptors (Lipinski definition) is 5. The maximum absolute atomic E-state index is 13.3. The molecule has 9 heteroatoms. The van der Waals surface area contributed by atoms with Gasteiger partial charge in [0.2, 0.25) is 5.91 Å². The highest BCUT2D eigenvalue weighted by atomic mass is 16.2. The summed E-state index contributed by atoms with van der Waals surface area (Å²) >= 11 is 0. The van der Waals surface area contributed by atoms with Gasteiger partial charge in [-0.05, 0) is 37.5 Å². The first-order valence-electron chi connectivity index (χ1n) is 12.4. The van der Waals surface area contributed by atoms with Crippen LogP contribution in [0.5, 0.6) is 0 Å². The van der Waals surface area contributed by atoms with Crippen molar-refractivity contribution >= 4 is 23.4 Å². The molecular weight excluding hydrogens is 444 g/mol. The van der Waals surface area contributed by atoms with Crippen LogP contribution in [-0.4, -0.2) is 65.1 Å². The summed E-state index contributed by atoms with van der Waals surface area (Å²) in [6.07, 6.45) is 6.55. The Hall–Kier alpha value is -3.36. The van der Waals surface area contributed by atoms with E-state index in [1.165, 1.54) is 28.5 Å². The molecule has 1 aliphatic carbocycles. The average Bonchev–Trinajstić information content (AvgIpc) is 3.09. The minimum atomic E-state index is -1.08. The Kier molecular flexibility index (Phi) is 7.14. The van der Waals surface area contributed by atoms with Gasteiger partial charge in [0, 0.05) is 45.5 Å². The molecule has 9 nitrogen and oxygen atoms in total. The maximum Gasteiger partial charge on any atom is 0.272 e. The van der Waals surface area contributed by atoms with E-state index < -0.39 is 5.54 Å². The van der Waals surface area contributed by atoms with Gasteiger partial charge in [-0.2, -0.15) is 5.10 Å². The molecule has 1 atom stereocenters. The topological polar surface area (TPSA) is 99.6 Å². The second-order valence-electron chi connectivity index (χ2n) is 10.1. The number of nitrogens with one attached hydrogen (secondary N) is 2. The first-order chi connectivity index (χ1) is 16.7. The van der Waals surface area contributed by atoms with Gasteiger partial charge in [0.25, 0.3) is 11.8 Å². The van der Waals surface area contributed by atoms with E-state index in [2.05, 4.69) is 15.7 Å². The van der Waals surface area contributed by atoms with E-state index >= 15 is 0 Å². The lowest BCUT2D eigenvalue weighted by Gasteiger charge is -2.41. The number of hydrogen-bond donors (Lipinski definition) is 2. The molecule has 0 bridgehead atoms. The van der Waals surface area contributed by atoms with E-state index in [-0.39, 0.29) is 36.0 Å². The van der Waals surface area contributed by atoms with Crippen molar-refractivity contribution in [3.05, 3.63) is 47.3 Å². The van der Waals surface area contributed by atoms with Crippen molar-refractivity contribution in [3.8, 4) is 0 Å². The van der Waals surface area contributed by atoms with E-state index in [9.17, 15) is 14.4 Å². The van der Waals surface area contributed by atoms with Crippen molar-refractivity contribution in [1.82, 2.24) is 25.3 Å². The van der Waals surface area contributed by atoms with Crippen molar-refractivity contribution < 1.29 is 14.4 Å². The number of aromatic nitrogens is 2. The minimum Gasteiger partial charge on any atom is -0.378 e. The lowest BCUT2D eigenvalue weighted by molar-refractivity contribution is -0.133. The zero-order valence-electron chi connectivity index (χ0n) is 21.1. The van der Waals surface area contributed by atoms with Crippen molar-refractivity contribution in [2.75, 3.05) is 26.0 Å². The third-order valence-corrected chi connectivity index (χ3v) is 7.32. The van der Waals surface area contributed by atoms with Crippen LogP contribution in [0.1, 0.15) is 72.0 Å². The molecule has 2 N–H and O–H groups in total. The predicted molar refractivity (Wildman–Crippen MR) is 134 cm³/mol. The highest BCUT2D eigenvalue weighted by Crippen LogP contribution is 2.27. The monoisotopic (exact) mass is 480 g/mol. The lowest BCUT2D eigenvalue weighted by Crippen LogP contribution is -2.63. The van der Waals surface area contributed by atoms with Gasteiger partial charge in [-0.1, -0.05) is 37.8 Å². The summed E-state index contributed by atoms with van der Waals surface area (Å²) in [4.78, 5) is 42.7. The van der Waals surface area contributed by atoms with Crippen LogP contribution in [0.25, 0.3) is 0 Å². The smallest absolute Gasteiger partial charge is 0.272 e. The molecule has 2 aliphatic rings. The van der Waals surface area contributed by atoms with Crippen molar-refractivity contribution in [3.63, 3.8) is 0 Å². The molecule has 4 rings (SSSR count). The fourth-order valence-electron chi connectivity index (χ4n) is 4.79. The number of nitrogens with zero attached hydrogens (tertiary/aromatic N) is 4. The molecule has 3 amide bonds. The van der Waals surface area contributed by atoms with Crippen LogP contribution in [0, 0.1) is 0 Å². The SMILES string of the molecule is CN(C)c1ccc(CNC(=O)c2cc3n(n2)CC(C)(C(=O)NC2CCCCCC2)N(C)C3=O)cc1. The van der Waals surface area contributed by atoms with Gasteiger partial charge < -0.3 is 20.4 Å². The largest absolute Gasteiger partial charge is 0.378 e. The lowest BCUT2D eigenvalue weighted by atomic mass is 9.95. The summed E-state index contributed by atoms with van der Waals surface area (Å²) in [5.41, 5.74) is 1.44. The van der Waals surface area contributed by atoms with Gasteiger partial charge in [0.1, 0.15) is 11.2 Å². The van der Waals surface area contributed by atoms with Crippen molar-refractivity contribution in [1.29, 1.82) is 0 Å². The number of anilines is 1. The van der Waals surface area contributed by atoms with E-state index in [1.807, 2.05) is 43.3 Å². The number of rotatable bonds is 6. The maximum atomic E-state index is 13.3.